The Balaban J connectivity index is 1.88. The molecule has 0 aliphatic heterocycles. The van der Waals surface area contributed by atoms with Crippen molar-refractivity contribution in [2.45, 2.75) is 46.0 Å². The predicted molar refractivity (Wildman–Crippen MR) is 157 cm³/mol. The van der Waals surface area contributed by atoms with Crippen LogP contribution in [0.15, 0.2) is 36.7 Å². The Morgan fingerprint density at radius 1 is 1.00 bits per heavy atom. The molecule has 10 heteroatoms. The van der Waals surface area contributed by atoms with Gasteiger partial charge in [0, 0.05) is 29.6 Å². The van der Waals surface area contributed by atoms with Gasteiger partial charge in [0.1, 0.15) is 12.1 Å². The number of carbonyl (C=O) groups is 1. The lowest BCUT2D eigenvalue weighted by Gasteiger charge is -2.22. The van der Waals surface area contributed by atoms with Crippen molar-refractivity contribution < 1.29 is 29.2 Å². The number of rotatable bonds is 17. The third-order valence-electron chi connectivity index (χ3n) is 6.47. The number of phenols is 1. The van der Waals surface area contributed by atoms with E-state index >= 15 is 0 Å². The number of hydrogen-bond donors (Lipinski definition) is 3. The molecule has 3 rings (SSSR count). The van der Waals surface area contributed by atoms with Crippen molar-refractivity contribution >= 4 is 34.5 Å². The number of unbranched alkanes of at least 4 members (excludes halogenated alkanes) is 2. The summed E-state index contributed by atoms with van der Waals surface area (Å²) in [7, 11) is 3.01. The van der Waals surface area contributed by atoms with Crippen molar-refractivity contribution in [1.82, 2.24) is 14.9 Å². The number of aromatic hydroxyl groups is 1. The van der Waals surface area contributed by atoms with Crippen LogP contribution in [0.4, 0.5) is 11.5 Å². The number of fused-ring (bicyclic) bond motifs is 1. The Bertz CT molecular complexity index is 1290. The van der Waals surface area contributed by atoms with Gasteiger partial charge in [-0.3, -0.25) is 0 Å². The molecule has 0 aliphatic carbocycles. The molecule has 0 spiro atoms. The first-order chi connectivity index (χ1) is 19.4. The quantitative estimate of drug-likeness (QED) is 0.138. The first-order valence-corrected chi connectivity index (χ1v) is 13.7. The summed E-state index contributed by atoms with van der Waals surface area (Å²) in [6.45, 7) is 8.12. The van der Waals surface area contributed by atoms with Crippen LogP contribution >= 0.6 is 0 Å². The zero-order valence-corrected chi connectivity index (χ0v) is 23.8. The highest BCUT2D eigenvalue weighted by atomic mass is 16.5. The van der Waals surface area contributed by atoms with E-state index in [9.17, 15) is 9.90 Å². The molecule has 0 fully saturated rings. The van der Waals surface area contributed by atoms with Crippen LogP contribution in [0.1, 0.15) is 51.5 Å². The minimum Gasteiger partial charge on any atom is -0.504 e. The smallest absolute Gasteiger partial charge is 0.328 e. The fourth-order valence-corrected chi connectivity index (χ4v) is 4.35. The van der Waals surface area contributed by atoms with Crippen LogP contribution in [0.25, 0.3) is 17.0 Å². The molecule has 0 radical (unpaired) electrons. The number of aliphatic carboxylic acids is 1. The van der Waals surface area contributed by atoms with E-state index in [1.165, 1.54) is 51.3 Å². The number of methoxy groups -OCH3 is 2. The summed E-state index contributed by atoms with van der Waals surface area (Å²) in [6, 6.07) is 6.64. The van der Waals surface area contributed by atoms with Crippen molar-refractivity contribution in [2.75, 3.05) is 45.8 Å². The average molecular weight is 553 g/mol. The molecule has 0 aliphatic rings. The Hall–Kier alpha value is -4.05. The molecule has 1 heterocycles. The largest absolute Gasteiger partial charge is 0.504 e. The van der Waals surface area contributed by atoms with Gasteiger partial charge in [-0.15, -0.1) is 0 Å². The number of nitrogens with zero attached hydrogens (tertiary/aromatic N) is 3. The fourth-order valence-electron chi connectivity index (χ4n) is 4.35. The number of carboxylic acids is 1. The van der Waals surface area contributed by atoms with Crippen LogP contribution in [-0.4, -0.2) is 71.5 Å². The summed E-state index contributed by atoms with van der Waals surface area (Å²) in [5.74, 6) is 0.504. The molecule has 0 bridgehead atoms. The first-order valence-electron chi connectivity index (χ1n) is 13.7. The van der Waals surface area contributed by atoms with E-state index in [1.807, 2.05) is 6.07 Å². The molecule has 0 unspecified atom stereocenters. The lowest BCUT2D eigenvalue weighted by Crippen LogP contribution is -2.28. The number of ether oxygens (including phenoxy) is 3. The summed E-state index contributed by atoms with van der Waals surface area (Å²) < 4.78 is 17.2. The normalized spacial score (nSPS) is 11.3. The zero-order valence-electron chi connectivity index (χ0n) is 23.8. The van der Waals surface area contributed by atoms with Gasteiger partial charge in [-0.25, -0.2) is 14.8 Å². The van der Waals surface area contributed by atoms with E-state index in [0.29, 0.717) is 46.1 Å². The van der Waals surface area contributed by atoms with Crippen LogP contribution in [0.3, 0.4) is 0 Å². The number of nitrogens with one attached hydrogen (secondary N) is 1. The van der Waals surface area contributed by atoms with Gasteiger partial charge in [0.2, 0.25) is 0 Å². The maximum Gasteiger partial charge on any atom is 0.328 e. The van der Waals surface area contributed by atoms with Crippen LogP contribution in [0.2, 0.25) is 0 Å². The van der Waals surface area contributed by atoms with E-state index in [4.69, 9.17) is 19.3 Å². The van der Waals surface area contributed by atoms with E-state index in [0.717, 1.165) is 32.1 Å². The minimum atomic E-state index is -1.10. The second-order valence-electron chi connectivity index (χ2n) is 9.37. The second kappa shape index (κ2) is 15.5. The van der Waals surface area contributed by atoms with Crippen LogP contribution in [-0.2, 0) is 4.79 Å². The molecule has 216 valence electrons. The SMILES string of the molecule is CCCCN(CCCC)CCCOc1cc2c(Nc3c(/C=C/C(=O)O)ccc(O)c3OC)ncnc2cc1OC. The van der Waals surface area contributed by atoms with Crippen molar-refractivity contribution in [3.05, 3.63) is 42.2 Å². The number of aromatic nitrogens is 2. The summed E-state index contributed by atoms with van der Waals surface area (Å²) in [5.41, 5.74) is 1.47. The number of benzene rings is 2. The maximum absolute atomic E-state index is 11.1. The van der Waals surface area contributed by atoms with E-state index in [2.05, 4.69) is 34.0 Å². The Morgan fingerprint density at radius 2 is 1.73 bits per heavy atom. The van der Waals surface area contributed by atoms with Gasteiger partial charge in [-0.05, 0) is 56.6 Å². The van der Waals surface area contributed by atoms with Crippen molar-refractivity contribution in [3.8, 4) is 23.0 Å². The van der Waals surface area contributed by atoms with Gasteiger partial charge in [0.15, 0.2) is 23.0 Å². The lowest BCUT2D eigenvalue weighted by molar-refractivity contribution is -0.131. The molecule has 0 atom stereocenters. The number of anilines is 2. The number of carboxylic acid groups (broad SMARTS) is 1. The Labute approximate surface area is 235 Å². The average Bonchev–Trinajstić information content (AvgIpc) is 2.95. The summed E-state index contributed by atoms with van der Waals surface area (Å²) in [6.07, 6.45) is 9.46. The summed E-state index contributed by atoms with van der Waals surface area (Å²) in [5, 5.41) is 23.3. The van der Waals surface area contributed by atoms with Gasteiger partial charge in [0.05, 0.1) is 32.0 Å². The highest BCUT2D eigenvalue weighted by Crippen LogP contribution is 2.41. The molecule has 3 aromatic rings. The minimum absolute atomic E-state index is 0.103. The molecule has 10 nitrogen and oxygen atoms in total. The Morgan fingerprint density at radius 3 is 2.38 bits per heavy atom. The van der Waals surface area contributed by atoms with Gasteiger partial charge >= 0.3 is 5.97 Å². The van der Waals surface area contributed by atoms with E-state index in [1.54, 1.807) is 19.2 Å². The van der Waals surface area contributed by atoms with Gasteiger partial charge in [0.25, 0.3) is 0 Å². The number of hydrogen-bond acceptors (Lipinski definition) is 9. The monoisotopic (exact) mass is 552 g/mol. The van der Waals surface area contributed by atoms with Gasteiger partial charge < -0.3 is 34.6 Å². The molecule has 2 aromatic carbocycles. The van der Waals surface area contributed by atoms with Crippen LogP contribution in [0.5, 0.6) is 23.0 Å². The molecular formula is C30H40N4O6. The van der Waals surface area contributed by atoms with Crippen molar-refractivity contribution in [1.29, 1.82) is 0 Å². The molecule has 0 saturated carbocycles. The van der Waals surface area contributed by atoms with Crippen molar-refractivity contribution in [2.24, 2.45) is 0 Å². The topological polar surface area (TPSA) is 126 Å². The van der Waals surface area contributed by atoms with Crippen LogP contribution < -0.4 is 19.5 Å². The van der Waals surface area contributed by atoms with E-state index in [-0.39, 0.29) is 11.5 Å². The third-order valence-corrected chi connectivity index (χ3v) is 6.47. The molecule has 1 aromatic heterocycles. The summed E-state index contributed by atoms with van der Waals surface area (Å²) in [4.78, 5) is 22.4. The predicted octanol–water partition coefficient (Wildman–Crippen LogP) is 5.87. The zero-order chi connectivity index (χ0) is 28.9. The number of phenolic OH excluding ortho intramolecular Hbond substituents is 1. The molecule has 40 heavy (non-hydrogen) atoms. The molecular weight excluding hydrogens is 512 g/mol. The Kier molecular flexibility index (Phi) is 11.8. The van der Waals surface area contributed by atoms with Gasteiger partial charge in [-0.2, -0.15) is 0 Å². The van der Waals surface area contributed by atoms with Gasteiger partial charge in [-0.1, -0.05) is 26.7 Å². The molecule has 3 N–H and O–H groups in total. The fraction of sp³-hybridized carbons (Fsp3) is 0.433. The first kappa shape index (κ1) is 30.5. The standard InChI is InChI=1S/C30H40N4O6/c1-5-7-14-34(15-8-6-2)16-9-17-40-26-18-22-23(19-25(26)38-3)31-20-32-30(22)33-28-21(11-13-27(36)37)10-12-24(35)29(28)39-4/h10-13,18-20,35H,5-9,14-17H2,1-4H3,(H,36,37)(H,31,32,33)/b13-11+. The van der Waals surface area contributed by atoms with E-state index < -0.39 is 5.97 Å². The highest BCUT2D eigenvalue weighted by Gasteiger charge is 2.17. The maximum atomic E-state index is 11.1. The lowest BCUT2D eigenvalue weighted by atomic mass is 10.1. The van der Waals surface area contributed by atoms with Crippen molar-refractivity contribution in [3.63, 3.8) is 0 Å². The second-order valence-corrected chi connectivity index (χ2v) is 9.37. The molecule has 0 saturated heterocycles. The summed E-state index contributed by atoms with van der Waals surface area (Å²) >= 11 is 0. The molecule has 0 amide bonds. The third kappa shape index (κ3) is 8.22. The van der Waals surface area contributed by atoms with Crippen LogP contribution in [0, 0.1) is 0 Å². The highest BCUT2D eigenvalue weighted by molar-refractivity contribution is 5.95.